The second-order valence-electron chi connectivity index (χ2n) is 9.68. The number of amides is 3. The Balaban J connectivity index is 1.23. The Kier molecular flexibility index (Phi) is 4.27. The van der Waals surface area contributed by atoms with E-state index >= 15 is 0 Å². The van der Waals surface area contributed by atoms with E-state index in [2.05, 4.69) is 10.6 Å². The molecule has 1 saturated heterocycles. The van der Waals surface area contributed by atoms with Crippen LogP contribution in [-0.2, 0) is 45.0 Å². The van der Waals surface area contributed by atoms with Crippen LogP contribution in [0, 0.1) is 6.92 Å². The lowest BCUT2D eigenvalue weighted by Crippen LogP contribution is -2.48. The molecule has 3 aliphatic rings. The van der Waals surface area contributed by atoms with Gasteiger partial charge in [0.05, 0.1) is 24.0 Å². The first-order chi connectivity index (χ1) is 16.2. The highest BCUT2D eigenvalue weighted by molar-refractivity contribution is 6.11. The highest BCUT2D eigenvalue weighted by Crippen LogP contribution is 2.40. The summed E-state index contributed by atoms with van der Waals surface area (Å²) in [5, 5.41) is 6.88. The Labute approximate surface area is 195 Å². The molecule has 0 radical (unpaired) electrons. The molecule has 1 spiro atoms. The molecule has 3 amide bonds. The van der Waals surface area contributed by atoms with Crippen LogP contribution in [0.15, 0.2) is 36.5 Å². The number of anilines is 2. The van der Waals surface area contributed by atoms with Gasteiger partial charge in [0.1, 0.15) is 12.1 Å². The monoisotopic (exact) mass is 456 g/mol. The van der Waals surface area contributed by atoms with Crippen LogP contribution in [0.1, 0.15) is 28.7 Å². The van der Waals surface area contributed by atoms with Crippen LogP contribution < -0.4 is 10.6 Å². The number of hydrogen-bond donors (Lipinski definition) is 2. The molecule has 1 unspecified atom stereocenters. The third-order valence-corrected chi connectivity index (χ3v) is 7.45. The van der Waals surface area contributed by atoms with Crippen LogP contribution in [0.2, 0.25) is 0 Å². The maximum atomic E-state index is 12.9. The SMILES string of the molecule is Cc1cc2c3c(cn(CC(=O)Nc4ccc5c(c4)CC4(C5)C(=O)CC(=O)N4C)c3c1)CC(=O)N2. The Bertz CT molecular complexity index is 1450. The average molecular weight is 457 g/mol. The number of carbonyl (C=O) groups excluding carboxylic acids is 4. The fraction of sp³-hybridized carbons (Fsp3) is 0.308. The molecular weight excluding hydrogens is 432 g/mol. The van der Waals surface area contributed by atoms with Crippen LogP contribution in [0.3, 0.4) is 0 Å². The van der Waals surface area contributed by atoms with Crippen molar-refractivity contribution in [2.24, 2.45) is 0 Å². The van der Waals surface area contributed by atoms with Gasteiger partial charge in [0.2, 0.25) is 17.7 Å². The van der Waals surface area contributed by atoms with Crippen molar-refractivity contribution < 1.29 is 19.2 Å². The average Bonchev–Trinajstić information content (AvgIpc) is 3.37. The first-order valence-corrected chi connectivity index (χ1v) is 11.4. The maximum absolute atomic E-state index is 12.9. The van der Waals surface area contributed by atoms with Gasteiger partial charge in [0, 0.05) is 37.2 Å². The lowest BCUT2D eigenvalue weighted by Gasteiger charge is -2.29. The number of aromatic nitrogens is 1. The number of ketones is 1. The standard InChI is InChI=1S/C26H24N4O4/c1-14-5-19-25-17(8-22(32)28-19)12-30(20(25)6-14)13-23(33)27-18-4-3-15-10-26(11-16(15)7-18)21(31)9-24(34)29(26)2/h3-7,12H,8-11,13H2,1-2H3,(H,27,33)(H,28,32). The van der Waals surface area contributed by atoms with Gasteiger partial charge >= 0.3 is 0 Å². The summed E-state index contributed by atoms with van der Waals surface area (Å²) in [6.07, 6.45) is 3.13. The Morgan fingerprint density at radius 3 is 2.62 bits per heavy atom. The highest BCUT2D eigenvalue weighted by atomic mass is 16.2. The molecule has 3 heterocycles. The van der Waals surface area contributed by atoms with E-state index in [1.807, 2.05) is 48.0 Å². The summed E-state index contributed by atoms with van der Waals surface area (Å²) in [5.41, 5.74) is 5.54. The van der Waals surface area contributed by atoms with E-state index < -0.39 is 5.54 Å². The number of aryl methyl sites for hydroxylation is 1. The largest absolute Gasteiger partial charge is 0.338 e. The van der Waals surface area contributed by atoms with Crippen LogP contribution in [0.4, 0.5) is 11.4 Å². The maximum Gasteiger partial charge on any atom is 0.244 e. The summed E-state index contributed by atoms with van der Waals surface area (Å²) in [5.74, 6) is -0.395. The van der Waals surface area contributed by atoms with Gasteiger partial charge in [-0.2, -0.15) is 0 Å². The molecule has 3 aromatic rings. The van der Waals surface area contributed by atoms with Crippen LogP contribution >= 0.6 is 0 Å². The van der Waals surface area contributed by atoms with E-state index in [9.17, 15) is 19.2 Å². The van der Waals surface area contributed by atoms with Gasteiger partial charge in [-0.1, -0.05) is 6.07 Å². The lowest BCUT2D eigenvalue weighted by molar-refractivity contribution is -0.130. The number of likely N-dealkylation sites (N-methyl/N-ethyl adjacent to an activating group) is 1. The van der Waals surface area contributed by atoms with Crippen LogP contribution in [0.25, 0.3) is 10.9 Å². The fourth-order valence-corrected chi connectivity index (χ4v) is 5.75. The third kappa shape index (κ3) is 2.98. The first kappa shape index (κ1) is 20.7. The van der Waals surface area contributed by atoms with Crippen molar-refractivity contribution in [3.8, 4) is 0 Å². The predicted molar refractivity (Wildman–Crippen MR) is 127 cm³/mol. The molecule has 1 aromatic heterocycles. The second-order valence-corrected chi connectivity index (χ2v) is 9.68. The van der Waals surface area contributed by atoms with E-state index in [4.69, 9.17) is 0 Å². The number of likely N-dealkylation sites (tertiary alicyclic amines) is 1. The molecule has 2 aliphatic heterocycles. The quantitative estimate of drug-likeness (QED) is 0.591. The topological polar surface area (TPSA) is 101 Å². The Morgan fingerprint density at radius 2 is 1.85 bits per heavy atom. The zero-order valence-corrected chi connectivity index (χ0v) is 19.0. The van der Waals surface area contributed by atoms with Crippen molar-refractivity contribution >= 4 is 45.8 Å². The van der Waals surface area contributed by atoms with Gasteiger partial charge in [0.25, 0.3) is 0 Å². The molecule has 8 nitrogen and oxygen atoms in total. The van der Waals surface area contributed by atoms with Crippen molar-refractivity contribution in [2.75, 3.05) is 17.7 Å². The lowest BCUT2D eigenvalue weighted by atomic mass is 9.91. The molecule has 0 saturated carbocycles. The summed E-state index contributed by atoms with van der Waals surface area (Å²) >= 11 is 0. The number of rotatable bonds is 3. The first-order valence-electron chi connectivity index (χ1n) is 11.4. The molecule has 8 heteroatoms. The minimum atomic E-state index is -0.782. The zero-order valence-electron chi connectivity index (χ0n) is 19.0. The molecule has 1 atom stereocenters. The van der Waals surface area contributed by atoms with Crippen molar-refractivity contribution in [2.45, 2.75) is 44.7 Å². The molecule has 1 aliphatic carbocycles. The number of benzene rings is 2. The van der Waals surface area contributed by atoms with Crippen molar-refractivity contribution in [1.29, 1.82) is 0 Å². The van der Waals surface area contributed by atoms with Gasteiger partial charge in [-0.15, -0.1) is 0 Å². The van der Waals surface area contributed by atoms with Gasteiger partial charge in [-0.3, -0.25) is 19.2 Å². The molecule has 0 bridgehead atoms. The number of carbonyl (C=O) groups is 4. The molecule has 1 fully saturated rings. The zero-order chi connectivity index (χ0) is 23.8. The van der Waals surface area contributed by atoms with Crippen molar-refractivity contribution in [3.63, 3.8) is 0 Å². The normalized spacial score (nSPS) is 20.9. The molecule has 172 valence electrons. The Morgan fingerprint density at radius 1 is 1.06 bits per heavy atom. The molecule has 2 N–H and O–H groups in total. The fourth-order valence-electron chi connectivity index (χ4n) is 5.75. The molecule has 6 rings (SSSR count). The summed E-state index contributed by atoms with van der Waals surface area (Å²) in [4.78, 5) is 51.3. The predicted octanol–water partition coefficient (Wildman–Crippen LogP) is 2.35. The molecule has 34 heavy (non-hydrogen) atoms. The van der Waals surface area contributed by atoms with E-state index in [0.717, 1.165) is 38.8 Å². The van der Waals surface area contributed by atoms with Gasteiger partial charge in [0.15, 0.2) is 5.78 Å². The number of nitrogens with zero attached hydrogens (tertiary/aromatic N) is 2. The number of fused-ring (bicyclic) bond motifs is 1. The van der Waals surface area contributed by atoms with E-state index in [1.54, 1.807) is 11.9 Å². The van der Waals surface area contributed by atoms with Gasteiger partial charge < -0.3 is 20.1 Å². The van der Waals surface area contributed by atoms with Crippen molar-refractivity contribution in [1.82, 2.24) is 9.47 Å². The molecular formula is C26H24N4O4. The minimum Gasteiger partial charge on any atom is -0.338 e. The number of hydrogen-bond acceptors (Lipinski definition) is 4. The highest BCUT2D eigenvalue weighted by Gasteiger charge is 2.53. The van der Waals surface area contributed by atoms with E-state index in [0.29, 0.717) is 24.9 Å². The van der Waals surface area contributed by atoms with Gasteiger partial charge in [-0.05, 0) is 53.4 Å². The Hall–Kier alpha value is -3.94. The van der Waals surface area contributed by atoms with E-state index in [-0.39, 0.29) is 36.5 Å². The van der Waals surface area contributed by atoms with E-state index in [1.165, 1.54) is 0 Å². The number of Topliss-reactive ketones (excluding diaryl/α,β-unsaturated/α-hetero) is 1. The minimum absolute atomic E-state index is 0.0305. The molecule has 2 aromatic carbocycles. The van der Waals surface area contributed by atoms with Crippen LogP contribution in [0.5, 0.6) is 0 Å². The van der Waals surface area contributed by atoms with Gasteiger partial charge in [-0.25, -0.2) is 0 Å². The number of nitrogens with one attached hydrogen (secondary N) is 2. The summed E-state index contributed by atoms with van der Waals surface area (Å²) in [7, 11) is 1.70. The summed E-state index contributed by atoms with van der Waals surface area (Å²) < 4.78 is 1.89. The van der Waals surface area contributed by atoms with Crippen molar-refractivity contribution in [3.05, 3.63) is 58.8 Å². The summed E-state index contributed by atoms with van der Waals surface area (Å²) in [6.45, 7) is 2.08. The second kappa shape index (κ2) is 7.03. The smallest absolute Gasteiger partial charge is 0.244 e. The summed E-state index contributed by atoms with van der Waals surface area (Å²) in [6, 6.07) is 9.66. The third-order valence-electron chi connectivity index (χ3n) is 7.45. The van der Waals surface area contributed by atoms with Crippen LogP contribution in [-0.4, -0.2) is 45.6 Å².